The Balaban J connectivity index is 1.10. The van der Waals surface area contributed by atoms with Crippen LogP contribution in [-0.4, -0.2) is 50.3 Å². The third-order valence-electron chi connectivity index (χ3n) is 6.95. The van der Waals surface area contributed by atoms with Crippen LogP contribution in [0.1, 0.15) is 27.0 Å². The lowest BCUT2D eigenvalue weighted by Gasteiger charge is -2.36. The van der Waals surface area contributed by atoms with Gasteiger partial charge in [0.2, 0.25) is 0 Å². The lowest BCUT2D eigenvalue weighted by atomic mass is 10.1. The highest BCUT2D eigenvalue weighted by Crippen LogP contribution is 2.28. The van der Waals surface area contributed by atoms with E-state index in [0.29, 0.717) is 17.9 Å². The van der Waals surface area contributed by atoms with Crippen molar-refractivity contribution in [3.63, 3.8) is 0 Å². The molecule has 4 aromatic carbocycles. The second kappa shape index (κ2) is 13.4. The summed E-state index contributed by atoms with van der Waals surface area (Å²) in [4.78, 5) is 17.5. The molecule has 7 nitrogen and oxygen atoms in total. The molecule has 1 saturated heterocycles. The molecule has 1 amide bonds. The SMILES string of the molecule is COc1ccccc1N1CCN(Cc2ccc(C(=O)N/N=C\c3ccccc3OCc3ccccc3)cc2)CC1. The molecule has 0 aromatic heterocycles. The van der Waals surface area contributed by atoms with E-state index in [1.165, 1.54) is 5.56 Å². The number of carbonyl (C=O) groups excluding carboxylic acids is 1. The summed E-state index contributed by atoms with van der Waals surface area (Å²) in [5.41, 5.74) is 7.39. The zero-order chi connectivity index (χ0) is 27.6. The standard InChI is InChI=1S/C33H34N4O3/c1-39-32-14-8-6-12-30(32)37-21-19-36(20-22-37)24-26-15-17-28(18-16-26)33(38)35-34-23-29-11-5-7-13-31(29)40-25-27-9-3-2-4-10-27/h2-18,23H,19-22,24-25H2,1H3,(H,35,38)/b34-23-. The van der Waals surface area contributed by atoms with Gasteiger partial charge in [0.1, 0.15) is 18.1 Å². The topological polar surface area (TPSA) is 66.4 Å². The lowest BCUT2D eigenvalue weighted by molar-refractivity contribution is 0.0955. The molecule has 0 saturated carbocycles. The van der Waals surface area contributed by atoms with Gasteiger partial charge < -0.3 is 14.4 Å². The van der Waals surface area contributed by atoms with E-state index in [2.05, 4.69) is 26.4 Å². The number of benzene rings is 4. The fraction of sp³-hybridized carbons (Fsp3) is 0.212. The average Bonchev–Trinajstić information content (AvgIpc) is 3.02. The van der Waals surface area contributed by atoms with Crippen molar-refractivity contribution in [2.24, 2.45) is 5.10 Å². The van der Waals surface area contributed by atoms with Crippen molar-refractivity contribution in [2.75, 3.05) is 38.2 Å². The van der Waals surface area contributed by atoms with E-state index >= 15 is 0 Å². The van der Waals surface area contributed by atoms with Crippen LogP contribution in [-0.2, 0) is 13.2 Å². The molecule has 5 rings (SSSR count). The number of amides is 1. The first kappa shape index (κ1) is 27.0. The van der Waals surface area contributed by atoms with Gasteiger partial charge in [-0.05, 0) is 47.5 Å². The Labute approximate surface area is 235 Å². The van der Waals surface area contributed by atoms with Crippen molar-refractivity contribution in [1.29, 1.82) is 0 Å². The minimum Gasteiger partial charge on any atom is -0.495 e. The smallest absolute Gasteiger partial charge is 0.271 e. The van der Waals surface area contributed by atoms with E-state index in [0.717, 1.165) is 55.3 Å². The first-order valence-corrected chi connectivity index (χ1v) is 13.5. The molecule has 1 N–H and O–H groups in total. The summed E-state index contributed by atoms with van der Waals surface area (Å²) >= 11 is 0. The molecule has 1 aliphatic heterocycles. The summed E-state index contributed by atoms with van der Waals surface area (Å²) < 4.78 is 11.5. The number of para-hydroxylation sites is 3. The second-order valence-electron chi connectivity index (χ2n) is 9.64. The van der Waals surface area contributed by atoms with Crippen LogP contribution in [0.2, 0.25) is 0 Å². The number of hydrogen-bond donors (Lipinski definition) is 1. The van der Waals surface area contributed by atoms with Crippen molar-refractivity contribution in [3.05, 3.63) is 125 Å². The highest BCUT2D eigenvalue weighted by molar-refractivity contribution is 5.95. The quantitative estimate of drug-likeness (QED) is 0.219. The fourth-order valence-corrected chi connectivity index (χ4v) is 4.74. The van der Waals surface area contributed by atoms with Crippen molar-refractivity contribution in [2.45, 2.75) is 13.2 Å². The molecule has 1 fully saturated rings. The van der Waals surface area contributed by atoms with Gasteiger partial charge in [0.25, 0.3) is 5.91 Å². The Morgan fingerprint density at radius 1 is 0.800 bits per heavy atom. The molecule has 0 bridgehead atoms. The van der Waals surface area contributed by atoms with Gasteiger partial charge in [-0.2, -0.15) is 5.10 Å². The maximum Gasteiger partial charge on any atom is 0.271 e. The van der Waals surface area contributed by atoms with Crippen molar-refractivity contribution in [3.8, 4) is 11.5 Å². The largest absolute Gasteiger partial charge is 0.495 e. The Hall–Kier alpha value is -4.62. The van der Waals surface area contributed by atoms with Crippen molar-refractivity contribution < 1.29 is 14.3 Å². The number of piperazine rings is 1. The van der Waals surface area contributed by atoms with E-state index in [-0.39, 0.29) is 5.91 Å². The minimum absolute atomic E-state index is 0.254. The monoisotopic (exact) mass is 534 g/mol. The van der Waals surface area contributed by atoms with E-state index < -0.39 is 0 Å². The number of methoxy groups -OCH3 is 1. The molecule has 4 aromatic rings. The summed E-state index contributed by atoms with van der Waals surface area (Å²) in [7, 11) is 1.72. The van der Waals surface area contributed by atoms with Crippen LogP contribution in [0.5, 0.6) is 11.5 Å². The van der Waals surface area contributed by atoms with E-state index in [1.807, 2.05) is 97.1 Å². The maximum atomic E-state index is 12.7. The van der Waals surface area contributed by atoms with Crippen LogP contribution in [0.3, 0.4) is 0 Å². The number of anilines is 1. The summed E-state index contributed by atoms with van der Waals surface area (Å²) in [6.45, 7) is 5.12. The molecule has 0 radical (unpaired) electrons. The van der Waals surface area contributed by atoms with Gasteiger partial charge >= 0.3 is 0 Å². The molecular formula is C33H34N4O3. The van der Waals surface area contributed by atoms with E-state index in [9.17, 15) is 4.79 Å². The van der Waals surface area contributed by atoms with Crippen LogP contribution in [0.25, 0.3) is 0 Å². The third-order valence-corrected chi connectivity index (χ3v) is 6.95. The summed E-state index contributed by atoms with van der Waals surface area (Å²) in [6.07, 6.45) is 1.61. The Bertz CT molecular complexity index is 1420. The zero-order valence-corrected chi connectivity index (χ0v) is 22.7. The van der Waals surface area contributed by atoms with Gasteiger partial charge in [0, 0.05) is 43.9 Å². The average molecular weight is 535 g/mol. The van der Waals surface area contributed by atoms with Gasteiger partial charge in [-0.25, -0.2) is 5.43 Å². The minimum atomic E-state index is -0.254. The van der Waals surface area contributed by atoms with E-state index in [1.54, 1.807) is 13.3 Å². The van der Waals surface area contributed by atoms with Gasteiger partial charge in [0.05, 0.1) is 19.0 Å². The van der Waals surface area contributed by atoms with Crippen LogP contribution in [0.4, 0.5) is 5.69 Å². The van der Waals surface area contributed by atoms with Gasteiger partial charge in [-0.1, -0.05) is 66.7 Å². The number of rotatable bonds is 10. The molecule has 204 valence electrons. The normalized spacial score (nSPS) is 13.8. The number of hydrazone groups is 1. The summed E-state index contributed by atoms with van der Waals surface area (Å²) in [6, 6.07) is 33.5. The molecule has 1 heterocycles. The first-order valence-electron chi connectivity index (χ1n) is 13.5. The summed E-state index contributed by atoms with van der Waals surface area (Å²) in [5, 5.41) is 4.17. The Morgan fingerprint density at radius 3 is 2.23 bits per heavy atom. The molecule has 40 heavy (non-hydrogen) atoms. The molecule has 0 atom stereocenters. The van der Waals surface area contributed by atoms with Crippen LogP contribution in [0.15, 0.2) is 108 Å². The van der Waals surface area contributed by atoms with Crippen molar-refractivity contribution in [1.82, 2.24) is 10.3 Å². The van der Waals surface area contributed by atoms with Crippen molar-refractivity contribution >= 4 is 17.8 Å². The highest BCUT2D eigenvalue weighted by Gasteiger charge is 2.19. The number of hydrogen-bond acceptors (Lipinski definition) is 6. The second-order valence-corrected chi connectivity index (χ2v) is 9.64. The molecule has 0 aliphatic carbocycles. The van der Waals surface area contributed by atoms with Crippen LogP contribution < -0.4 is 19.8 Å². The lowest BCUT2D eigenvalue weighted by Crippen LogP contribution is -2.46. The van der Waals surface area contributed by atoms with Gasteiger partial charge in [-0.15, -0.1) is 0 Å². The number of carbonyl (C=O) groups is 1. The fourth-order valence-electron chi connectivity index (χ4n) is 4.74. The molecular weight excluding hydrogens is 500 g/mol. The third kappa shape index (κ3) is 7.07. The maximum absolute atomic E-state index is 12.7. The Kier molecular flexibility index (Phi) is 9.06. The van der Waals surface area contributed by atoms with Crippen LogP contribution in [0, 0.1) is 0 Å². The molecule has 7 heteroatoms. The zero-order valence-electron chi connectivity index (χ0n) is 22.7. The summed E-state index contributed by atoms with van der Waals surface area (Å²) in [5.74, 6) is 1.36. The predicted molar refractivity (Wildman–Crippen MR) is 159 cm³/mol. The van der Waals surface area contributed by atoms with Gasteiger partial charge in [0.15, 0.2) is 0 Å². The molecule has 0 unspecified atom stereocenters. The van der Waals surface area contributed by atoms with Gasteiger partial charge in [-0.3, -0.25) is 9.69 Å². The first-order chi connectivity index (χ1) is 19.7. The van der Waals surface area contributed by atoms with E-state index in [4.69, 9.17) is 9.47 Å². The molecule has 0 spiro atoms. The Morgan fingerprint density at radius 2 is 1.48 bits per heavy atom. The number of nitrogens with one attached hydrogen (secondary N) is 1. The predicted octanol–water partition coefficient (Wildman–Crippen LogP) is 5.36. The number of ether oxygens (including phenoxy) is 2. The number of nitrogens with zero attached hydrogens (tertiary/aromatic N) is 3. The molecule has 1 aliphatic rings. The highest BCUT2D eigenvalue weighted by atomic mass is 16.5. The van der Waals surface area contributed by atoms with Crippen LogP contribution >= 0.6 is 0 Å².